The van der Waals surface area contributed by atoms with E-state index in [4.69, 9.17) is 4.74 Å². The fourth-order valence-corrected chi connectivity index (χ4v) is 2.49. The summed E-state index contributed by atoms with van der Waals surface area (Å²) in [5.41, 5.74) is 1.13. The summed E-state index contributed by atoms with van der Waals surface area (Å²) in [4.78, 5) is 0. The molecule has 0 saturated heterocycles. The van der Waals surface area contributed by atoms with Crippen LogP contribution in [0.15, 0.2) is 30.3 Å². The molecule has 0 bridgehead atoms. The number of ether oxygens (including phenoxy) is 1. The summed E-state index contributed by atoms with van der Waals surface area (Å²) in [5.74, 6) is 6.50. The van der Waals surface area contributed by atoms with Crippen molar-refractivity contribution in [2.24, 2.45) is 0 Å². The number of hydrogen-bond acceptors (Lipinski definition) is 1. The molecule has 0 heterocycles. The lowest BCUT2D eigenvalue weighted by Gasteiger charge is -2.02. The predicted molar refractivity (Wildman–Crippen MR) is 96.0 cm³/mol. The van der Waals surface area contributed by atoms with Gasteiger partial charge in [0.2, 0.25) is 0 Å². The van der Waals surface area contributed by atoms with E-state index < -0.39 is 0 Å². The summed E-state index contributed by atoms with van der Waals surface area (Å²) in [6, 6.07) is 10.3. The molecule has 1 rings (SSSR count). The van der Waals surface area contributed by atoms with E-state index in [1.807, 2.05) is 18.2 Å². The van der Waals surface area contributed by atoms with Gasteiger partial charge < -0.3 is 4.74 Å². The van der Waals surface area contributed by atoms with Crippen LogP contribution >= 0.6 is 0 Å². The lowest BCUT2D eigenvalue weighted by atomic mass is 10.1. The minimum atomic E-state index is 0.857. The molecular weight excluding hydrogens is 268 g/mol. The van der Waals surface area contributed by atoms with E-state index >= 15 is 0 Å². The zero-order chi connectivity index (χ0) is 15.7. The molecule has 0 atom stereocenters. The van der Waals surface area contributed by atoms with E-state index in [1.54, 1.807) is 0 Å². The molecule has 0 saturated carbocycles. The molecule has 0 amide bonds. The molecule has 0 spiro atoms. The molecule has 122 valence electrons. The van der Waals surface area contributed by atoms with Crippen LogP contribution in [0.5, 0.6) is 0 Å². The minimum absolute atomic E-state index is 0.857. The first-order valence-corrected chi connectivity index (χ1v) is 9.05. The molecule has 0 aliphatic heterocycles. The van der Waals surface area contributed by atoms with Crippen LogP contribution in [0.3, 0.4) is 0 Å². The van der Waals surface area contributed by atoms with E-state index in [2.05, 4.69) is 30.9 Å². The summed E-state index contributed by atoms with van der Waals surface area (Å²) < 4.78 is 5.34. The van der Waals surface area contributed by atoms with Gasteiger partial charge in [-0.05, 0) is 31.9 Å². The third kappa shape index (κ3) is 11.4. The Morgan fingerprint density at radius 2 is 1.36 bits per heavy atom. The van der Waals surface area contributed by atoms with Crippen LogP contribution in [0.25, 0.3) is 0 Å². The zero-order valence-corrected chi connectivity index (χ0v) is 14.3. The predicted octanol–water partition coefficient (Wildman–Crippen LogP) is 5.98. The first-order chi connectivity index (χ1) is 10.9. The molecular formula is C21H32O. The van der Waals surface area contributed by atoms with Crippen molar-refractivity contribution < 1.29 is 4.74 Å². The van der Waals surface area contributed by atoms with Crippen molar-refractivity contribution in [3.05, 3.63) is 35.9 Å². The van der Waals surface area contributed by atoms with E-state index in [0.717, 1.165) is 25.2 Å². The molecule has 0 fully saturated rings. The van der Waals surface area contributed by atoms with Crippen LogP contribution in [-0.4, -0.2) is 13.2 Å². The Balaban J connectivity index is 1.81. The van der Waals surface area contributed by atoms with Gasteiger partial charge in [0.05, 0.1) is 0 Å². The van der Waals surface area contributed by atoms with Gasteiger partial charge in [-0.15, -0.1) is 0 Å². The normalized spacial score (nSPS) is 10.2. The second-order valence-electron chi connectivity index (χ2n) is 5.80. The van der Waals surface area contributed by atoms with Crippen molar-refractivity contribution in [3.63, 3.8) is 0 Å². The van der Waals surface area contributed by atoms with Gasteiger partial charge in [-0.25, -0.2) is 0 Å². The van der Waals surface area contributed by atoms with Crippen molar-refractivity contribution in [2.45, 2.75) is 71.1 Å². The fraction of sp³-hybridized carbons (Fsp3) is 0.619. The topological polar surface area (TPSA) is 9.23 Å². The van der Waals surface area contributed by atoms with E-state index in [9.17, 15) is 0 Å². The maximum Gasteiger partial charge on any atom is 0.0465 e. The quantitative estimate of drug-likeness (QED) is 0.341. The number of benzene rings is 1. The van der Waals surface area contributed by atoms with Crippen LogP contribution in [0.4, 0.5) is 0 Å². The molecule has 22 heavy (non-hydrogen) atoms. The van der Waals surface area contributed by atoms with Crippen LogP contribution in [-0.2, 0) is 4.74 Å². The Bertz CT molecular complexity index is 399. The summed E-state index contributed by atoms with van der Waals surface area (Å²) in [5, 5.41) is 0. The lowest BCUT2D eigenvalue weighted by Crippen LogP contribution is -1.92. The van der Waals surface area contributed by atoms with Gasteiger partial charge in [0, 0.05) is 25.2 Å². The maximum absolute atomic E-state index is 5.34. The smallest absolute Gasteiger partial charge is 0.0465 e. The molecule has 1 aromatic rings. The summed E-state index contributed by atoms with van der Waals surface area (Å²) in [6.07, 6.45) is 13.1. The van der Waals surface area contributed by atoms with Crippen molar-refractivity contribution >= 4 is 0 Å². The first kappa shape index (κ1) is 18.8. The van der Waals surface area contributed by atoms with E-state index in [1.165, 1.54) is 57.8 Å². The Morgan fingerprint density at radius 3 is 2.00 bits per heavy atom. The Morgan fingerprint density at radius 1 is 0.773 bits per heavy atom. The molecule has 0 aliphatic carbocycles. The fourth-order valence-electron chi connectivity index (χ4n) is 2.49. The summed E-state index contributed by atoms with van der Waals surface area (Å²) in [7, 11) is 0. The highest BCUT2D eigenvalue weighted by atomic mass is 16.5. The zero-order valence-electron chi connectivity index (χ0n) is 14.3. The Hall–Kier alpha value is -1.26. The molecule has 0 aliphatic rings. The summed E-state index contributed by atoms with van der Waals surface area (Å²) in [6.45, 7) is 3.86. The number of unbranched alkanes of at least 4 members (excludes halogenated alkanes) is 9. The van der Waals surface area contributed by atoms with Gasteiger partial charge in [0.25, 0.3) is 0 Å². The van der Waals surface area contributed by atoms with Crippen molar-refractivity contribution in [1.29, 1.82) is 0 Å². The van der Waals surface area contributed by atoms with Gasteiger partial charge in [-0.3, -0.25) is 0 Å². The van der Waals surface area contributed by atoms with Crippen LogP contribution in [0, 0.1) is 11.8 Å². The van der Waals surface area contributed by atoms with E-state index in [0.29, 0.717) is 0 Å². The van der Waals surface area contributed by atoms with Crippen molar-refractivity contribution in [2.75, 3.05) is 13.2 Å². The molecule has 1 heteroatoms. The van der Waals surface area contributed by atoms with Gasteiger partial charge in [-0.2, -0.15) is 0 Å². The second-order valence-corrected chi connectivity index (χ2v) is 5.80. The molecule has 1 nitrogen and oxygen atoms in total. The number of hydrogen-bond donors (Lipinski definition) is 0. The van der Waals surface area contributed by atoms with Crippen LogP contribution in [0.1, 0.15) is 76.7 Å². The molecule has 0 unspecified atom stereocenters. The molecule has 1 aromatic carbocycles. The Labute approximate surface area is 137 Å². The SMILES string of the molecule is CCOCCCCCCCCCCCC#Cc1ccccc1. The van der Waals surface area contributed by atoms with Gasteiger partial charge in [0.15, 0.2) is 0 Å². The molecule has 0 N–H and O–H groups in total. The highest BCUT2D eigenvalue weighted by Crippen LogP contribution is 2.10. The third-order valence-electron chi connectivity index (χ3n) is 3.80. The van der Waals surface area contributed by atoms with Gasteiger partial charge in [-0.1, -0.05) is 75.0 Å². The maximum atomic E-state index is 5.34. The minimum Gasteiger partial charge on any atom is -0.382 e. The van der Waals surface area contributed by atoms with E-state index in [-0.39, 0.29) is 0 Å². The van der Waals surface area contributed by atoms with Gasteiger partial charge >= 0.3 is 0 Å². The first-order valence-electron chi connectivity index (χ1n) is 9.05. The summed E-state index contributed by atoms with van der Waals surface area (Å²) >= 11 is 0. The molecule has 0 radical (unpaired) electrons. The van der Waals surface area contributed by atoms with Crippen LogP contribution < -0.4 is 0 Å². The average molecular weight is 300 g/mol. The van der Waals surface area contributed by atoms with Gasteiger partial charge in [0.1, 0.15) is 0 Å². The number of rotatable bonds is 12. The Kier molecular flexibility index (Phi) is 12.5. The molecule has 0 aromatic heterocycles. The van der Waals surface area contributed by atoms with Crippen LogP contribution in [0.2, 0.25) is 0 Å². The monoisotopic (exact) mass is 300 g/mol. The largest absolute Gasteiger partial charge is 0.382 e. The second kappa shape index (κ2) is 14.7. The lowest BCUT2D eigenvalue weighted by molar-refractivity contribution is 0.143. The highest BCUT2D eigenvalue weighted by Gasteiger charge is 1.93. The third-order valence-corrected chi connectivity index (χ3v) is 3.80. The van der Waals surface area contributed by atoms with Crippen molar-refractivity contribution in [1.82, 2.24) is 0 Å². The average Bonchev–Trinajstić information content (AvgIpc) is 2.56. The van der Waals surface area contributed by atoms with Crippen molar-refractivity contribution in [3.8, 4) is 11.8 Å². The standard InChI is InChI=1S/C21H32O/c1-2-22-20-16-11-9-7-5-3-4-6-8-10-13-17-21-18-14-12-15-19-21/h12,14-15,18-19H,2-11,16,20H2,1H3. The highest BCUT2D eigenvalue weighted by molar-refractivity contribution is 5.33.